The minimum atomic E-state index is -4.50. The molecule has 4 heterocycles. The molecule has 2 saturated heterocycles. The normalized spacial score (nSPS) is 21.8. The van der Waals surface area contributed by atoms with E-state index in [9.17, 15) is 18.0 Å². The van der Waals surface area contributed by atoms with Gasteiger partial charge in [-0.1, -0.05) is 11.3 Å². The molecule has 2 fully saturated rings. The standard InChI is InChI=1S/C17H18F3N5O2S/c1-8-12(17(18,19)20)5-21-16(23-8)24-13-9(2)22-14(28-13)15(26)25-6-10-3-4-11(7-25)27-10/h5,10-11H,3-4,6-7H2,1-2H3,(H,21,23,24). The van der Waals surface area contributed by atoms with E-state index in [2.05, 4.69) is 20.3 Å². The van der Waals surface area contributed by atoms with Crippen molar-refractivity contribution in [3.05, 3.63) is 28.2 Å². The molecular weight excluding hydrogens is 395 g/mol. The Labute approximate surface area is 163 Å². The maximum Gasteiger partial charge on any atom is 0.419 e. The van der Waals surface area contributed by atoms with Gasteiger partial charge in [-0.05, 0) is 26.7 Å². The number of fused-ring (bicyclic) bond motifs is 2. The Hall–Kier alpha value is -2.27. The molecule has 0 radical (unpaired) electrons. The van der Waals surface area contributed by atoms with Crippen molar-refractivity contribution in [3.8, 4) is 0 Å². The summed E-state index contributed by atoms with van der Waals surface area (Å²) in [6.45, 7) is 4.10. The summed E-state index contributed by atoms with van der Waals surface area (Å²) in [5.41, 5.74) is -0.491. The van der Waals surface area contributed by atoms with Gasteiger partial charge in [0.1, 0.15) is 5.00 Å². The predicted molar refractivity (Wildman–Crippen MR) is 95.7 cm³/mol. The second-order valence-corrected chi connectivity index (χ2v) is 7.92. The number of anilines is 2. The SMILES string of the molecule is Cc1nc(Nc2sc(C(=O)N3CC4CCC(C3)O4)nc2C)ncc1C(F)(F)F. The molecule has 2 aliphatic heterocycles. The maximum atomic E-state index is 12.8. The van der Waals surface area contributed by atoms with E-state index >= 15 is 0 Å². The number of hydrogen-bond donors (Lipinski definition) is 1. The van der Waals surface area contributed by atoms with Gasteiger partial charge in [-0.3, -0.25) is 4.79 Å². The summed E-state index contributed by atoms with van der Waals surface area (Å²) in [6, 6.07) is 0. The largest absolute Gasteiger partial charge is 0.419 e. The minimum Gasteiger partial charge on any atom is -0.371 e. The van der Waals surface area contributed by atoms with Crippen LogP contribution >= 0.6 is 11.3 Å². The number of nitrogens with one attached hydrogen (secondary N) is 1. The van der Waals surface area contributed by atoms with Gasteiger partial charge in [0.25, 0.3) is 5.91 Å². The first-order valence-electron chi connectivity index (χ1n) is 8.80. The Kier molecular flexibility index (Phi) is 4.74. The highest BCUT2D eigenvalue weighted by molar-refractivity contribution is 7.17. The monoisotopic (exact) mass is 413 g/mol. The third kappa shape index (κ3) is 3.68. The number of hydrogen-bond acceptors (Lipinski definition) is 7. The van der Waals surface area contributed by atoms with E-state index in [-0.39, 0.29) is 29.8 Å². The number of ether oxygens (including phenoxy) is 1. The van der Waals surface area contributed by atoms with Gasteiger partial charge in [0.05, 0.1) is 29.2 Å². The number of rotatable bonds is 3. The van der Waals surface area contributed by atoms with Crippen LogP contribution in [0.15, 0.2) is 6.20 Å². The van der Waals surface area contributed by atoms with Crippen LogP contribution in [0, 0.1) is 13.8 Å². The highest BCUT2D eigenvalue weighted by atomic mass is 32.1. The van der Waals surface area contributed by atoms with Gasteiger partial charge in [0, 0.05) is 19.3 Å². The van der Waals surface area contributed by atoms with E-state index in [0.717, 1.165) is 30.4 Å². The lowest BCUT2D eigenvalue weighted by molar-refractivity contribution is -0.138. The van der Waals surface area contributed by atoms with Crippen molar-refractivity contribution in [2.45, 2.75) is 45.1 Å². The number of morpholine rings is 1. The Morgan fingerprint density at radius 2 is 1.89 bits per heavy atom. The van der Waals surface area contributed by atoms with Crippen LogP contribution < -0.4 is 5.32 Å². The lowest BCUT2D eigenvalue weighted by Gasteiger charge is -2.31. The average Bonchev–Trinajstić information content (AvgIpc) is 3.15. The van der Waals surface area contributed by atoms with E-state index < -0.39 is 11.7 Å². The molecule has 2 aliphatic rings. The molecular formula is C17H18F3N5O2S. The molecule has 2 unspecified atom stereocenters. The number of aromatic nitrogens is 3. The quantitative estimate of drug-likeness (QED) is 0.832. The number of amides is 1. The van der Waals surface area contributed by atoms with Crippen LogP contribution in [0.2, 0.25) is 0 Å². The third-order valence-electron chi connectivity index (χ3n) is 4.82. The Morgan fingerprint density at radius 1 is 1.21 bits per heavy atom. The first-order valence-corrected chi connectivity index (χ1v) is 9.62. The number of thiazole rings is 1. The summed E-state index contributed by atoms with van der Waals surface area (Å²) < 4.78 is 44.3. The summed E-state index contributed by atoms with van der Waals surface area (Å²) in [5, 5.41) is 3.72. The van der Waals surface area contributed by atoms with Crippen molar-refractivity contribution >= 4 is 28.2 Å². The molecule has 28 heavy (non-hydrogen) atoms. The van der Waals surface area contributed by atoms with E-state index in [1.165, 1.54) is 6.92 Å². The Balaban J connectivity index is 1.50. The van der Waals surface area contributed by atoms with Gasteiger partial charge in [0.2, 0.25) is 5.95 Å². The van der Waals surface area contributed by atoms with Crippen molar-refractivity contribution in [1.29, 1.82) is 0 Å². The van der Waals surface area contributed by atoms with Crippen molar-refractivity contribution in [3.63, 3.8) is 0 Å². The topological polar surface area (TPSA) is 80.2 Å². The zero-order valence-electron chi connectivity index (χ0n) is 15.2. The van der Waals surface area contributed by atoms with Gasteiger partial charge < -0.3 is 15.0 Å². The zero-order chi connectivity index (χ0) is 20.1. The molecule has 150 valence electrons. The summed E-state index contributed by atoms with van der Waals surface area (Å²) in [4.78, 5) is 26.5. The van der Waals surface area contributed by atoms with Crippen molar-refractivity contribution in [2.24, 2.45) is 0 Å². The Bertz CT molecular complexity index is 905. The molecule has 4 rings (SSSR count). The molecule has 2 aromatic heterocycles. The molecule has 0 aliphatic carbocycles. The van der Waals surface area contributed by atoms with E-state index in [0.29, 0.717) is 28.8 Å². The van der Waals surface area contributed by atoms with Gasteiger partial charge in [-0.2, -0.15) is 13.2 Å². The zero-order valence-corrected chi connectivity index (χ0v) is 16.0. The molecule has 0 aromatic carbocycles. The highest BCUT2D eigenvalue weighted by Gasteiger charge is 2.37. The lowest BCUT2D eigenvalue weighted by Crippen LogP contribution is -2.45. The number of carbonyl (C=O) groups is 1. The van der Waals surface area contributed by atoms with Crippen molar-refractivity contribution in [2.75, 3.05) is 18.4 Å². The van der Waals surface area contributed by atoms with Crippen molar-refractivity contribution in [1.82, 2.24) is 19.9 Å². The fraction of sp³-hybridized carbons (Fsp3) is 0.529. The van der Waals surface area contributed by atoms with Crippen LogP contribution in [0.3, 0.4) is 0 Å². The first kappa shape index (κ1) is 19.1. The van der Waals surface area contributed by atoms with E-state index in [4.69, 9.17) is 4.74 Å². The summed E-state index contributed by atoms with van der Waals surface area (Å²) in [7, 11) is 0. The number of aryl methyl sites for hydroxylation is 2. The van der Waals surface area contributed by atoms with Crippen LogP contribution in [-0.2, 0) is 10.9 Å². The number of carbonyl (C=O) groups excluding carboxylic acids is 1. The predicted octanol–water partition coefficient (Wildman–Crippen LogP) is 3.32. The number of alkyl halides is 3. The highest BCUT2D eigenvalue weighted by Crippen LogP contribution is 2.33. The lowest BCUT2D eigenvalue weighted by atomic mass is 10.2. The van der Waals surface area contributed by atoms with Crippen molar-refractivity contribution < 1.29 is 22.7 Å². The number of halogens is 3. The summed E-state index contributed by atoms with van der Waals surface area (Å²) in [5.74, 6) is -0.133. The molecule has 7 nitrogen and oxygen atoms in total. The summed E-state index contributed by atoms with van der Waals surface area (Å²) in [6.07, 6.45) is -1.66. The molecule has 2 bridgehead atoms. The van der Waals surface area contributed by atoms with E-state index in [1.54, 1.807) is 11.8 Å². The molecule has 0 saturated carbocycles. The smallest absolute Gasteiger partial charge is 0.371 e. The van der Waals surface area contributed by atoms with Crippen LogP contribution in [0.25, 0.3) is 0 Å². The van der Waals surface area contributed by atoms with Gasteiger partial charge in [-0.25, -0.2) is 15.0 Å². The first-order chi connectivity index (χ1) is 13.2. The van der Waals surface area contributed by atoms with Crippen LogP contribution in [0.5, 0.6) is 0 Å². The van der Waals surface area contributed by atoms with Crippen LogP contribution in [-0.4, -0.2) is 51.1 Å². The molecule has 1 N–H and O–H groups in total. The molecule has 1 amide bonds. The second kappa shape index (κ2) is 6.96. The maximum absolute atomic E-state index is 12.8. The molecule has 2 atom stereocenters. The third-order valence-corrected chi connectivity index (χ3v) is 5.88. The van der Waals surface area contributed by atoms with Crippen LogP contribution in [0.1, 0.15) is 39.6 Å². The molecule has 0 spiro atoms. The van der Waals surface area contributed by atoms with Gasteiger partial charge in [-0.15, -0.1) is 0 Å². The van der Waals surface area contributed by atoms with E-state index in [1.807, 2.05) is 0 Å². The minimum absolute atomic E-state index is 0.0284. The number of nitrogens with zero attached hydrogens (tertiary/aromatic N) is 4. The van der Waals surface area contributed by atoms with Gasteiger partial charge >= 0.3 is 6.18 Å². The molecule has 2 aromatic rings. The van der Waals surface area contributed by atoms with Gasteiger partial charge in [0.15, 0.2) is 5.01 Å². The second-order valence-electron chi connectivity index (χ2n) is 6.92. The Morgan fingerprint density at radius 3 is 2.50 bits per heavy atom. The average molecular weight is 413 g/mol. The fourth-order valence-electron chi connectivity index (χ4n) is 3.43. The molecule has 11 heteroatoms. The number of likely N-dealkylation sites (tertiary alicyclic amines) is 1. The summed E-state index contributed by atoms with van der Waals surface area (Å²) >= 11 is 1.14. The van der Waals surface area contributed by atoms with Crippen LogP contribution in [0.4, 0.5) is 24.1 Å². The fourth-order valence-corrected chi connectivity index (χ4v) is 4.35.